The molecule has 0 spiro atoms. The average molecular weight is 336 g/mol. The van der Waals surface area contributed by atoms with Crippen LogP contribution >= 0.6 is 0 Å². The minimum atomic E-state index is -0.125. The highest BCUT2D eigenvalue weighted by Crippen LogP contribution is 2.18. The molecule has 0 atom stereocenters. The van der Waals surface area contributed by atoms with E-state index in [9.17, 15) is 4.79 Å². The Morgan fingerprint density at radius 3 is 2.58 bits per heavy atom. The number of nitrogens with zero attached hydrogens (tertiary/aromatic N) is 5. The monoisotopic (exact) mass is 336 g/mol. The molecule has 134 valence electrons. The minimum absolute atomic E-state index is 0.125. The van der Waals surface area contributed by atoms with Gasteiger partial charge in [-0.15, -0.1) is 0 Å². The molecule has 0 saturated carbocycles. The van der Waals surface area contributed by atoms with Crippen LogP contribution in [-0.4, -0.2) is 90.7 Å². The van der Waals surface area contributed by atoms with Crippen LogP contribution in [0.5, 0.6) is 0 Å². The van der Waals surface area contributed by atoms with E-state index in [4.69, 9.17) is 4.52 Å². The van der Waals surface area contributed by atoms with Gasteiger partial charge in [0.2, 0.25) is 5.89 Å². The molecule has 3 heterocycles. The predicted octanol–water partition coefficient (Wildman–Crippen LogP) is -0.111. The number of rotatable bonds is 5. The number of piperazine rings is 1. The van der Waals surface area contributed by atoms with Gasteiger partial charge in [-0.3, -0.25) is 9.69 Å². The van der Waals surface area contributed by atoms with Gasteiger partial charge in [0.05, 0.1) is 6.54 Å². The van der Waals surface area contributed by atoms with Crippen LogP contribution in [0.1, 0.15) is 29.4 Å². The van der Waals surface area contributed by atoms with Gasteiger partial charge in [-0.2, -0.15) is 4.98 Å². The standard InChI is InChI=1S/C16H28N6O2/c1-17-11-14-18-15(19-24-14)16(23)22-9-7-21(8-10-22)12-13-3-5-20(2)6-4-13/h13,17H,3-12H2,1-2H3. The van der Waals surface area contributed by atoms with Crippen LogP contribution < -0.4 is 5.32 Å². The summed E-state index contributed by atoms with van der Waals surface area (Å²) in [6, 6.07) is 0. The van der Waals surface area contributed by atoms with E-state index >= 15 is 0 Å². The molecule has 3 rings (SSSR count). The summed E-state index contributed by atoms with van der Waals surface area (Å²) >= 11 is 0. The predicted molar refractivity (Wildman–Crippen MR) is 89.6 cm³/mol. The van der Waals surface area contributed by atoms with Crippen LogP contribution in [0, 0.1) is 5.92 Å². The van der Waals surface area contributed by atoms with Crippen LogP contribution in [0.4, 0.5) is 0 Å². The van der Waals surface area contributed by atoms with Gasteiger partial charge in [0.1, 0.15) is 0 Å². The lowest BCUT2D eigenvalue weighted by Crippen LogP contribution is -2.50. The van der Waals surface area contributed by atoms with E-state index in [1.165, 1.54) is 25.9 Å². The van der Waals surface area contributed by atoms with E-state index in [0.717, 1.165) is 38.6 Å². The van der Waals surface area contributed by atoms with E-state index in [1.54, 1.807) is 7.05 Å². The van der Waals surface area contributed by atoms with Crippen molar-refractivity contribution in [3.05, 3.63) is 11.7 Å². The van der Waals surface area contributed by atoms with Gasteiger partial charge < -0.3 is 19.6 Å². The summed E-state index contributed by atoms with van der Waals surface area (Å²) < 4.78 is 5.06. The van der Waals surface area contributed by atoms with Crippen LogP contribution in [0.2, 0.25) is 0 Å². The lowest BCUT2D eigenvalue weighted by molar-refractivity contribution is 0.0580. The van der Waals surface area contributed by atoms with Crippen molar-refractivity contribution in [3.8, 4) is 0 Å². The van der Waals surface area contributed by atoms with Crippen molar-refractivity contribution < 1.29 is 9.32 Å². The average Bonchev–Trinajstić information content (AvgIpc) is 3.06. The molecule has 1 aromatic heterocycles. The molecule has 2 fully saturated rings. The van der Waals surface area contributed by atoms with Gasteiger partial charge in [-0.25, -0.2) is 0 Å². The molecule has 1 aromatic rings. The fraction of sp³-hybridized carbons (Fsp3) is 0.812. The molecule has 24 heavy (non-hydrogen) atoms. The maximum Gasteiger partial charge on any atom is 0.295 e. The number of amides is 1. The molecule has 2 aliphatic heterocycles. The summed E-state index contributed by atoms with van der Waals surface area (Å²) in [4.78, 5) is 23.3. The third kappa shape index (κ3) is 4.31. The molecule has 2 saturated heterocycles. The Kier molecular flexibility index (Phi) is 5.80. The Bertz CT molecular complexity index is 532. The number of likely N-dealkylation sites (tertiary alicyclic amines) is 1. The fourth-order valence-electron chi connectivity index (χ4n) is 3.45. The number of carbonyl (C=O) groups is 1. The number of carbonyl (C=O) groups excluding carboxylic acids is 1. The first kappa shape index (κ1) is 17.3. The fourth-order valence-corrected chi connectivity index (χ4v) is 3.45. The number of hydrogen-bond donors (Lipinski definition) is 1. The maximum absolute atomic E-state index is 12.4. The highest BCUT2D eigenvalue weighted by atomic mass is 16.5. The first-order chi connectivity index (χ1) is 11.7. The zero-order valence-electron chi connectivity index (χ0n) is 14.7. The summed E-state index contributed by atoms with van der Waals surface area (Å²) in [5, 5.41) is 6.73. The SMILES string of the molecule is CNCc1nc(C(=O)N2CCN(CC3CCN(C)CC3)CC2)no1. The molecule has 0 bridgehead atoms. The smallest absolute Gasteiger partial charge is 0.295 e. The topological polar surface area (TPSA) is 77.7 Å². The van der Waals surface area contributed by atoms with E-state index < -0.39 is 0 Å². The first-order valence-electron chi connectivity index (χ1n) is 8.83. The van der Waals surface area contributed by atoms with Crippen molar-refractivity contribution in [1.82, 2.24) is 30.2 Å². The second kappa shape index (κ2) is 8.04. The molecule has 2 aliphatic rings. The van der Waals surface area contributed by atoms with Gasteiger partial charge in [-0.1, -0.05) is 5.16 Å². The molecule has 1 amide bonds. The van der Waals surface area contributed by atoms with Gasteiger partial charge in [0.25, 0.3) is 11.7 Å². The summed E-state index contributed by atoms with van der Waals surface area (Å²) in [6.45, 7) is 7.38. The van der Waals surface area contributed by atoms with E-state index in [-0.39, 0.29) is 11.7 Å². The summed E-state index contributed by atoms with van der Waals surface area (Å²) in [6.07, 6.45) is 2.57. The highest BCUT2D eigenvalue weighted by Gasteiger charge is 2.27. The maximum atomic E-state index is 12.4. The quantitative estimate of drug-likeness (QED) is 0.804. The molecular formula is C16H28N6O2. The van der Waals surface area contributed by atoms with Crippen LogP contribution in [0.25, 0.3) is 0 Å². The Morgan fingerprint density at radius 2 is 1.92 bits per heavy atom. The van der Waals surface area contributed by atoms with Gasteiger partial charge in [0.15, 0.2) is 0 Å². The van der Waals surface area contributed by atoms with Gasteiger partial charge in [-0.05, 0) is 45.9 Å². The van der Waals surface area contributed by atoms with Gasteiger partial charge >= 0.3 is 0 Å². The van der Waals surface area contributed by atoms with Crippen molar-refractivity contribution in [3.63, 3.8) is 0 Å². The molecular weight excluding hydrogens is 308 g/mol. The number of hydrogen-bond acceptors (Lipinski definition) is 7. The summed E-state index contributed by atoms with van der Waals surface area (Å²) in [5.41, 5.74) is 0. The van der Waals surface area contributed by atoms with E-state index in [0.29, 0.717) is 12.4 Å². The molecule has 8 nitrogen and oxygen atoms in total. The van der Waals surface area contributed by atoms with Crippen molar-refractivity contribution in [2.75, 3.05) is 59.9 Å². The van der Waals surface area contributed by atoms with Crippen molar-refractivity contribution >= 4 is 5.91 Å². The van der Waals surface area contributed by atoms with Crippen molar-refractivity contribution in [1.29, 1.82) is 0 Å². The highest BCUT2D eigenvalue weighted by molar-refractivity contribution is 5.90. The summed E-state index contributed by atoms with van der Waals surface area (Å²) in [7, 11) is 4.00. The van der Waals surface area contributed by atoms with Crippen molar-refractivity contribution in [2.45, 2.75) is 19.4 Å². The van der Waals surface area contributed by atoms with Crippen LogP contribution in [-0.2, 0) is 6.54 Å². The van der Waals surface area contributed by atoms with Crippen molar-refractivity contribution in [2.24, 2.45) is 5.92 Å². The first-order valence-corrected chi connectivity index (χ1v) is 8.83. The largest absolute Gasteiger partial charge is 0.337 e. The third-order valence-corrected chi connectivity index (χ3v) is 5.00. The lowest BCUT2D eigenvalue weighted by Gasteiger charge is -2.38. The second-order valence-corrected chi connectivity index (χ2v) is 6.88. The van der Waals surface area contributed by atoms with Crippen LogP contribution in [0.3, 0.4) is 0 Å². The molecule has 0 unspecified atom stereocenters. The normalized spacial score (nSPS) is 21.3. The minimum Gasteiger partial charge on any atom is -0.337 e. The number of aromatic nitrogens is 2. The summed E-state index contributed by atoms with van der Waals surface area (Å²) in [5.74, 6) is 1.29. The number of nitrogens with one attached hydrogen (secondary N) is 1. The van der Waals surface area contributed by atoms with E-state index in [1.807, 2.05) is 4.90 Å². The Hall–Kier alpha value is -1.51. The number of piperidine rings is 1. The van der Waals surface area contributed by atoms with E-state index in [2.05, 4.69) is 32.3 Å². The lowest BCUT2D eigenvalue weighted by atomic mass is 9.96. The van der Waals surface area contributed by atoms with Crippen LogP contribution in [0.15, 0.2) is 4.52 Å². The third-order valence-electron chi connectivity index (χ3n) is 5.00. The molecule has 0 aromatic carbocycles. The zero-order valence-corrected chi connectivity index (χ0v) is 14.7. The Labute approximate surface area is 143 Å². The Balaban J connectivity index is 1.45. The Morgan fingerprint density at radius 1 is 1.21 bits per heavy atom. The molecule has 0 aliphatic carbocycles. The van der Waals surface area contributed by atoms with Gasteiger partial charge in [0, 0.05) is 32.7 Å². The molecule has 8 heteroatoms. The molecule has 1 N–H and O–H groups in total. The zero-order chi connectivity index (χ0) is 16.9. The second-order valence-electron chi connectivity index (χ2n) is 6.88. The molecule has 0 radical (unpaired) electrons.